The van der Waals surface area contributed by atoms with Gasteiger partial charge in [0.15, 0.2) is 0 Å². The molecule has 3 heterocycles. The van der Waals surface area contributed by atoms with Crippen molar-refractivity contribution in [2.24, 2.45) is 0 Å². The van der Waals surface area contributed by atoms with Crippen LogP contribution in [0.3, 0.4) is 0 Å². The van der Waals surface area contributed by atoms with Gasteiger partial charge in [-0.05, 0) is 191 Å². The fourth-order valence-corrected chi connectivity index (χ4v) is 15.4. The number of hydrogen-bond acceptors (Lipinski definition) is 2. The molecule has 0 saturated heterocycles. The van der Waals surface area contributed by atoms with Crippen molar-refractivity contribution in [2.75, 3.05) is 9.80 Å². The van der Waals surface area contributed by atoms with Crippen molar-refractivity contribution in [1.29, 1.82) is 0 Å². The molecule has 480 valence electrons. The van der Waals surface area contributed by atoms with Crippen LogP contribution in [0.2, 0.25) is 0 Å². The van der Waals surface area contributed by atoms with Gasteiger partial charge in [0.2, 0.25) is 0 Å². The molecule has 0 spiro atoms. The molecule has 97 heavy (non-hydrogen) atoms. The molecule has 12 aromatic carbocycles. The van der Waals surface area contributed by atoms with Crippen LogP contribution in [0, 0.1) is 0 Å². The van der Waals surface area contributed by atoms with Crippen molar-refractivity contribution in [1.82, 2.24) is 4.57 Å². The highest BCUT2D eigenvalue weighted by Gasteiger charge is 2.46. The van der Waals surface area contributed by atoms with E-state index in [-0.39, 0.29) is 28.4 Å². The number of hydrogen-bond donors (Lipinski definition) is 0. The Balaban J connectivity index is 1.14. The van der Waals surface area contributed by atoms with E-state index in [1.807, 2.05) is 0 Å². The molecule has 0 N–H and O–H groups in total. The first-order valence-corrected chi connectivity index (χ1v) is 35.4. The number of rotatable bonds is 12. The Labute approximate surface area is 577 Å². The first-order chi connectivity index (χ1) is 46.6. The van der Waals surface area contributed by atoms with E-state index in [0.717, 1.165) is 31.4 Å². The lowest BCUT2D eigenvalue weighted by Gasteiger charge is -2.46. The maximum absolute atomic E-state index is 2.76. The van der Waals surface area contributed by atoms with Gasteiger partial charge in [-0.3, -0.25) is 0 Å². The zero-order valence-electron chi connectivity index (χ0n) is 59.1. The van der Waals surface area contributed by atoms with E-state index in [1.165, 1.54) is 156 Å². The molecule has 0 bridgehead atoms. The second kappa shape index (κ2) is 24.3. The van der Waals surface area contributed by atoms with Crippen molar-refractivity contribution >= 4 is 79.0 Å². The number of nitrogens with zero attached hydrogens (tertiary/aromatic N) is 3. The second-order valence-electron chi connectivity index (χ2n) is 31.6. The zero-order chi connectivity index (χ0) is 67.3. The molecular weight excluding hydrogens is 1170 g/mol. The Morgan fingerprint density at radius 3 is 1.11 bits per heavy atom. The monoisotopic (exact) mass is 1260 g/mol. The summed E-state index contributed by atoms with van der Waals surface area (Å²) in [7, 11) is 0. The van der Waals surface area contributed by atoms with Gasteiger partial charge in [0, 0.05) is 61.5 Å². The van der Waals surface area contributed by atoms with Crippen molar-refractivity contribution in [2.45, 2.75) is 137 Å². The molecule has 15 rings (SSSR count). The average molecular weight is 1260 g/mol. The Kier molecular flexibility index (Phi) is 15.8. The molecule has 0 radical (unpaired) electrons. The van der Waals surface area contributed by atoms with Crippen molar-refractivity contribution in [3.63, 3.8) is 0 Å². The number of aryl methyl sites for hydroxylation is 1. The minimum atomic E-state index is -0.185. The van der Waals surface area contributed by atoms with Crippen LogP contribution in [0.4, 0.5) is 34.1 Å². The van der Waals surface area contributed by atoms with E-state index in [4.69, 9.17) is 0 Å². The average Bonchev–Trinajstić information content (AvgIpc) is 0.868. The molecule has 13 aromatic rings. The molecule has 0 amide bonds. The number of unbranched alkanes of at least 4 members (excludes halogenated alkanes) is 2. The molecule has 0 fully saturated rings. The summed E-state index contributed by atoms with van der Waals surface area (Å²) < 4.78 is 2.57. The molecule has 0 unspecified atom stereocenters. The molecule has 1 aromatic heterocycles. The summed E-state index contributed by atoms with van der Waals surface area (Å²) in [4.78, 5) is 5.49. The summed E-state index contributed by atoms with van der Waals surface area (Å²) in [6, 6.07) is 101. The van der Waals surface area contributed by atoms with Gasteiger partial charge in [0.1, 0.15) is 0 Å². The number of fused-ring (bicyclic) bond motifs is 7. The highest BCUT2D eigenvalue weighted by molar-refractivity contribution is 7.00. The van der Waals surface area contributed by atoms with Crippen LogP contribution in [-0.2, 0) is 28.1 Å². The topological polar surface area (TPSA) is 11.4 Å². The lowest BCUT2D eigenvalue weighted by molar-refractivity contribution is 0.590. The van der Waals surface area contributed by atoms with Crippen molar-refractivity contribution in [3.8, 4) is 61.3 Å². The minimum Gasteiger partial charge on any atom is -0.310 e. The second-order valence-corrected chi connectivity index (χ2v) is 31.6. The molecule has 4 heteroatoms. The summed E-state index contributed by atoms with van der Waals surface area (Å²) in [5.41, 5.74) is 32.6. The van der Waals surface area contributed by atoms with Gasteiger partial charge in [0.25, 0.3) is 6.71 Å². The summed E-state index contributed by atoms with van der Waals surface area (Å²) in [5, 5.41) is 2.56. The van der Waals surface area contributed by atoms with Crippen LogP contribution in [0.5, 0.6) is 0 Å². The third-order valence-electron chi connectivity index (χ3n) is 20.8. The van der Waals surface area contributed by atoms with Crippen molar-refractivity contribution in [3.05, 3.63) is 289 Å². The van der Waals surface area contributed by atoms with Crippen LogP contribution in [-0.4, -0.2) is 11.3 Å². The minimum absolute atomic E-state index is 0.0397. The molecule has 2 aliphatic rings. The number of benzene rings is 12. The molecule has 3 nitrogen and oxygen atoms in total. The van der Waals surface area contributed by atoms with E-state index < -0.39 is 0 Å². The van der Waals surface area contributed by atoms with Gasteiger partial charge in [-0.25, -0.2) is 0 Å². The molecule has 0 saturated carbocycles. The van der Waals surface area contributed by atoms with Crippen LogP contribution in [0.1, 0.15) is 137 Å². The largest absolute Gasteiger partial charge is 0.310 e. The molecule has 0 aliphatic carbocycles. The van der Waals surface area contributed by atoms with Crippen LogP contribution in [0.25, 0.3) is 83.1 Å². The Hall–Kier alpha value is -9.90. The van der Waals surface area contributed by atoms with E-state index in [9.17, 15) is 0 Å². The smallest absolute Gasteiger partial charge is 0.252 e. The maximum atomic E-state index is 2.76. The molecule has 0 atom stereocenters. The Morgan fingerprint density at radius 1 is 0.309 bits per heavy atom. The Bertz CT molecular complexity index is 4940. The van der Waals surface area contributed by atoms with Gasteiger partial charge in [-0.2, -0.15) is 0 Å². The van der Waals surface area contributed by atoms with Gasteiger partial charge >= 0.3 is 0 Å². The van der Waals surface area contributed by atoms with E-state index in [0.29, 0.717) is 0 Å². The molecule has 2 aliphatic heterocycles. The predicted molar refractivity (Wildman–Crippen MR) is 420 cm³/mol. The van der Waals surface area contributed by atoms with Gasteiger partial charge in [-0.1, -0.05) is 285 Å². The first-order valence-electron chi connectivity index (χ1n) is 35.4. The third-order valence-corrected chi connectivity index (χ3v) is 20.8. The first kappa shape index (κ1) is 63.2. The summed E-state index contributed by atoms with van der Waals surface area (Å²) in [6.45, 7) is 30.4. The standard InChI is InChI=1S/C93H90BN3/c1-14-15-21-32-61-51-85-87-86(52-61)97(89-75(65-39-28-19-29-40-65)58-71(93(11,12)13)59-76(89)66-41-30-20-31-42-66)84-60-72(95-81-49-44-68(90(2,3)4)54-77(81)78-55-69(91(5,6)7)45-50-82(78)95)46-47-79(84)94(87)80-53-67(62-33-22-16-23-34-62)43-48-83(80)96(85)88-73(63-35-24-17-25-36-63)56-70(92(8,9)10)57-74(88)64-37-26-18-27-38-64/h16-20,22-31,33-60H,14-15,21,32H2,1-13H3. The van der Waals surface area contributed by atoms with Gasteiger partial charge in [-0.15, -0.1) is 0 Å². The summed E-state index contributed by atoms with van der Waals surface area (Å²) in [5.74, 6) is 0. The number of aromatic nitrogens is 1. The van der Waals surface area contributed by atoms with Crippen molar-refractivity contribution < 1.29 is 0 Å². The lowest BCUT2D eigenvalue weighted by Crippen LogP contribution is -2.61. The SMILES string of the molecule is CCCCCc1cc2c3c(c1)N(c1c(-c4ccccc4)cc(C(C)(C)C)cc1-c1ccccc1)c1cc(-n4c5ccc(C(C)(C)C)cc5c5cc(C(C)(C)C)ccc54)ccc1B3c1cc(-c3ccccc3)ccc1N2c1c(-c2ccccc2)cc(C(C)(C)C)cc1-c1ccccc1. The third kappa shape index (κ3) is 11.4. The molecular formula is C93H90BN3. The highest BCUT2D eigenvalue weighted by atomic mass is 15.2. The van der Waals surface area contributed by atoms with Crippen LogP contribution >= 0.6 is 0 Å². The summed E-state index contributed by atoms with van der Waals surface area (Å²) in [6.07, 6.45) is 4.28. The Morgan fingerprint density at radius 2 is 0.711 bits per heavy atom. The van der Waals surface area contributed by atoms with E-state index in [2.05, 4.69) is 365 Å². The maximum Gasteiger partial charge on any atom is 0.252 e. The fourth-order valence-electron chi connectivity index (χ4n) is 15.4. The fraction of sp³-hybridized carbons (Fsp3) is 0.226. The quantitative estimate of drug-likeness (QED) is 0.0892. The lowest BCUT2D eigenvalue weighted by atomic mass is 9.33. The normalized spacial score (nSPS) is 13.1. The zero-order valence-corrected chi connectivity index (χ0v) is 59.1. The van der Waals surface area contributed by atoms with E-state index in [1.54, 1.807) is 0 Å². The van der Waals surface area contributed by atoms with E-state index >= 15 is 0 Å². The predicted octanol–water partition coefficient (Wildman–Crippen LogP) is 24.1. The summed E-state index contributed by atoms with van der Waals surface area (Å²) >= 11 is 0. The van der Waals surface area contributed by atoms with Crippen LogP contribution in [0.15, 0.2) is 261 Å². The van der Waals surface area contributed by atoms with Crippen LogP contribution < -0.4 is 26.2 Å². The van der Waals surface area contributed by atoms with Gasteiger partial charge in [0.05, 0.1) is 22.4 Å². The number of anilines is 6. The highest BCUT2D eigenvalue weighted by Crippen LogP contribution is 2.55. The van der Waals surface area contributed by atoms with Gasteiger partial charge < -0.3 is 14.4 Å².